The van der Waals surface area contributed by atoms with Crippen LogP contribution < -0.4 is 10.2 Å². The molecule has 0 spiro atoms. The van der Waals surface area contributed by atoms with Gasteiger partial charge in [0.1, 0.15) is 0 Å². The van der Waals surface area contributed by atoms with Crippen LogP contribution in [0.2, 0.25) is 0 Å². The summed E-state index contributed by atoms with van der Waals surface area (Å²) in [7, 11) is 0. The molecular formula is C25H40N6O. The maximum Gasteiger partial charge on any atom is 0.229 e. The van der Waals surface area contributed by atoms with Gasteiger partial charge < -0.3 is 10.2 Å². The number of H-pyrrole nitrogens is 1. The predicted molar refractivity (Wildman–Crippen MR) is 130 cm³/mol. The van der Waals surface area contributed by atoms with Crippen LogP contribution in [0.3, 0.4) is 0 Å². The second-order valence-corrected chi connectivity index (χ2v) is 10.1. The van der Waals surface area contributed by atoms with Crippen LogP contribution in [0.4, 0.5) is 11.4 Å². The van der Waals surface area contributed by atoms with Crippen LogP contribution in [0.15, 0.2) is 0 Å². The molecule has 0 saturated heterocycles. The Morgan fingerprint density at radius 2 is 1.81 bits per heavy atom. The van der Waals surface area contributed by atoms with Gasteiger partial charge in [0.15, 0.2) is 5.82 Å². The molecule has 1 aliphatic heterocycles. The Morgan fingerprint density at radius 3 is 2.47 bits per heavy atom. The summed E-state index contributed by atoms with van der Waals surface area (Å²) in [5, 5.41) is 17.9. The molecule has 7 nitrogen and oxygen atoms in total. The van der Waals surface area contributed by atoms with E-state index in [1.165, 1.54) is 60.9 Å². The van der Waals surface area contributed by atoms with Crippen molar-refractivity contribution in [2.24, 2.45) is 5.41 Å². The summed E-state index contributed by atoms with van der Waals surface area (Å²) in [4.78, 5) is 15.5. The van der Waals surface area contributed by atoms with Crippen molar-refractivity contribution in [3.8, 4) is 0 Å². The highest BCUT2D eigenvalue weighted by Crippen LogP contribution is 2.43. The minimum atomic E-state index is -0.458. The van der Waals surface area contributed by atoms with Crippen molar-refractivity contribution in [2.75, 3.05) is 23.3 Å². The molecule has 1 aliphatic rings. The molecule has 0 bridgehead atoms. The van der Waals surface area contributed by atoms with Crippen molar-refractivity contribution >= 4 is 17.3 Å². The summed E-state index contributed by atoms with van der Waals surface area (Å²) >= 11 is 0. The highest BCUT2D eigenvalue weighted by atomic mass is 16.2. The number of tetrazole rings is 1. The van der Waals surface area contributed by atoms with Crippen molar-refractivity contribution in [2.45, 2.75) is 92.9 Å². The lowest BCUT2D eigenvalue weighted by Crippen LogP contribution is -2.30. The van der Waals surface area contributed by atoms with Gasteiger partial charge in [0.2, 0.25) is 5.91 Å². The minimum absolute atomic E-state index is 0.0450. The van der Waals surface area contributed by atoms with Gasteiger partial charge >= 0.3 is 0 Å². The molecule has 0 saturated carbocycles. The van der Waals surface area contributed by atoms with Crippen LogP contribution in [0, 0.1) is 19.3 Å². The lowest BCUT2D eigenvalue weighted by atomic mass is 9.90. The van der Waals surface area contributed by atoms with Crippen molar-refractivity contribution in [1.82, 2.24) is 20.6 Å². The third kappa shape index (κ3) is 5.48. The highest BCUT2D eigenvalue weighted by Gasteiger charge is 2.31. The first-order valence-corrected chi connectivity index (χ1v) is 12.2. The molecule has 1 aromatic heterocycles. The number of amides is 1. The zero-order chi connectivity index (χ0) is 23.3. The number of carbonyl (C=O) groups is 1. The SMILES string of the molecule is CCCCCCCCN1CCc2c(C)c(Cc3nn[nH]n3)c(C)c(NC(=O)C(C)(C)C)c21. The first-order valence-electron chi connectivity index (χ1n) is 12.2. The number of hydrogen-bond acceptors (Lipinski definition) is 5. The van der Waals surface area contributed by atoms with Gasteiger partial charge in [-0.2, -0.15) is 5.21 Å². The molecule has 2 aromatic rings. The fourth-order valence-corrected chi connectivity index (χ4v) is 4.58. The van der Waals surface area contributed by atoms with Gasteiger partial charge in [0.05, 0.1) is 11.4 Å². The van der Waals surface area contributed by atoms with Gasteiger partial charge in [-0.25, -0.2) is 0 Å². The van der Waals surface area contributed by atoms with E-state index >= 15 is 0 Å². The van der Waals surface area contributed by atoms with Gasteiger partial charge in [-0.15, -0.1) is 10.2 Å². The summed E-state index contributed by atoms with van der Waals surface area (Å²) in [6.45, 7) is 14.5. The molecule has 7 heteroatoms. The fourth-order valence-electron chi connectivity index (χ4n) is 4.58. The van der Waals surface area contributed by atoms with E-state index in [2.05, 4.69) is 51.6 Å². The molecule has 0 radical (unpaired) electrons. The number of carbonyl (C=O) groups excluding carboxylic acids is 1. The molecular weight excluding hydrogens is 400 g/mol. The normalized spacial score (nSPS) is 13.5. The first kappa shape index (κ1) is 24.2. The number of aromatic nitrogens is 4. The Morgan fingerprint density at radius 1 is 1.09 bits per heavy atom. The molecule has 0 fully saturated rings. The second-order valence-electron chi connectivity index (χ2n) is 10.1. The number of aromatic amines is 1. The van der Waals surface area contributed by atoms with Crippen LogP contribution in [0.1, 0.15) is 94.3 Å². The van der Waals surface area contributed by atoms with Gasteiger partial charge in [0.25, 0.3) is 0 Å². The summed E-state index contributed by atoms with van der Waals surface area (Å²) in [5.74, 6) is 0.717. The molecule has 32 heavy (non-hydrogen) atoms. The number of rotatable bonds is 10. The molecule has 2 heterocycles. The molecule has 176 valence electrons. The quantitative estimate of drug-likeness (QED) is 0.501. The topological polar surface area (TPSA) is 86.8 Å². The Kier molecular flexibility index (Phi) is 7.91. The van der Waals surface area contributed by atoms with E-state index in [4.69, 9.17) is 0 Å². The van der Waals surface area contributed by atoms with Crippen LogP contribution in [0.25, 0.3) is 0 Å². The maximum absolute atomic E-state index is 13.0. The van der Waals surface area contributed by atoms with E-state index in [1.807, 2.05) is 20.8 Å². The minimum Gasteiger partial charge on any atom is -0.369 e. The lowest BCUT2D eigenvalue weighted by Gasteiger charge is -2.28. The first-order chi connectivity index (χ1) is 15.2. The number of benzene rings is 1. The third-order valence-corrected chi connectivity index (χ3v) is 6.63. The predicted octanol–water partition coefficient (Wildman–Crippen LogP) is 5.11. The Bertz CT molecular complexity index is 914. The zero-order valence-corrected chi connectivity index (χ0v) is 20.8. The van der Waals surface area contributed by atoms with Crippen LogP contribution in [0.5, 0.6) is 0 Å². The molecule has 3 rings (SSSR count). The maximum atomic E-state index is 13.0. The van der Waals surface area contributed by atoms with E-state index in [0.29, 0.717) is 12.2 Å². The monoisotopic (exact) mass is 440 g/mol. The average Bonchev–Trinajstić information content (AvgIpc) is 3.40. The Hall–Kier alpha value is -2.44. The summed E-state index contributed by atoms with van der Waals surface area (Å²) in [5.41, 5.74) is 6.68. The van der Waals surface area contributed by atoms with E-state index < -0.39 is 5.41 Å². The summed E-state index contributed by atoms with van der Waals surface area (Å²) in [6, 6.07) is 0. The average molecular weight is 441 g/mol. The largest absolute Gasteiger partial charge is 0.369 e. The van der Waals surface area contributed by atoms with Gasteiger partial charge in [0, 0.05) is 24.9 Å². The van der Waals surface area contributed by atoms with Crippen LogP contribution >= 0.6 is 0 Å². The number of unbranched alkanes of at least 4 members (excludes halogenated alkanes) is 5. The lowest BCUT2D eigenvalue weighted by molar-refractivity contribution is -0.123. The summed E-state index contributed by atoms with van der Waals surface area (Å²) < 4.78 is 0. The van der Waals surface area contributed by atoms with E-state index in [1.54, 1.807) is 0 Å². The standard InChI is InChI=1S/C25H40N6O/c1-7-8-9-10-11-12-14-31-15-13-19-17(2)20(16-21-27-29-30-28-21)18(3)22(23(19)31)26-24(32)25(4,5)6/h7-16H2,1-6H3,(H,26,32)(H,27,28,29,30). The third-order valence-electron chi connectivity index (χ3n) is 6.63. The molecule has 0 unspecified atom stereocenters. The van der Waals surface area contributed by atoms with Crippen LogP contribution in [-0.2, 0) is 17.6 Å². The number of nitrogens with zero attached hydrogens (tertiary/aromatic N) is 4. The van der Waals surface area contributed by atoms with Crippen molar-refractivity contribution in [1.29, 1.82) is 0 Å². The fraction of sp³-hybridized carbons (Fsp3) is 0.680. The number of nitrogens with one attached hydrogen (secondary N) is 2. The van der Waals surface area contributed by atoms with Gasteiger partial charge in [-0.05, 0) is 48.9 Å². The second kappa shape index (κ2) is 10.5. The Balaban J connectivity index is 1.91. The Labute approximate surface area is 192 Å². The summed E-state index contributed by atoms with van der Waals surface area (Å²) in [6.07, 6.45) is 9.33. The van der Waals surface area contributed by atoms with Crippen molar-refractivity contribution in [3.63, 3.8) is 0 Å². The van der Waals surface area contributed by atoms with Crippen molar-refractivity contribution in [3.05, 3.63) is 28.1 Å². The number of fused-ring (bicyclic) bond motifs is 1. The van der Waals surface area contributed by atoms with Gasteiger partial charge in [-0.1, -0.05) is 65.0 Å². The van der Waals surface area contributed by atoms with Crippen LogP contribution in [-0.4, -0.2) is 39.6 Å². The number of anilines is 2. The zero-order valence-electron chi connectivity index (χ0n) is 20.8. The van der Waals surface area contributed by atoms with E-state index in [-0.39, 0.29) is 5.91 Å². The number of hydrogen-bond donors (Lipinski definition) is 2. The highest BCUT2D eigenvalue weighted by molar-refractivity contribution is 6.00. The van der Waals surface area contributed by atoms with E-state index in [0.717, 1.165) is 30.8 Å². The molecule has 2 N–H and O–H groups in total. The van der Waals surface area contributed by atoms with E-state index in [9.17, 15) is 4.79 Å². The van der Waals surface area contributed by atoms with Gasteiger partial charge in [-0.3, -0.25) is 4.79 Å². The molecule has 0 atom stereocenters. The molecule has 1 aromatic carbocycles. The smallest absolute Gasteiger partial charge is 0.229 e. The molecule has 1 amide bonds. The van der Waals surface area contributed by atoms with Crippen molar-refractivity contribution < 1.29 is 4.79 Å². The molecule has 0 aliphatic carbocycles.